The number of hydrogen-bond donors (Lipinski definition) is 2. The molecule has 0 saturated carbocycles. The van der Waals surface area contributed by atoms with Crippen LogP contribution in [-0.4, -0.2) is 16.1 Å². The van der Waals surface area contributed by atoms with E-state index < -0.39 is 5.82 Å². The molecule has 0 aliphatic heterocycles. The van der Waals surface area contributed by atoms with Crippen molar-refractivity contribution in [1.82, 2.24) is 15.5 Å². The highest BCUT2D eigenvalue weighted by atomic mass is 35.5. The van der Waals surface area contributed by atoms with E-state index in [0.717, 1.165) is 11.6 Å². The van der Waals surface area contributed by atoms with E-state index in [1.165, 1.54) is 12.1 Å². The van der Waals surface area contributed by atoms with Crippen molar-refractivity contribution in [3.8, 4) is 0 Å². The second-order valence-electron chi connectivity index (χ2n) is 3.85. The Hall–Kier alpha value is -1.88. The van der Waals surface area contributed by atoms with E-state index in [-0.39, 0.29) is 22.5 Å². The molecule has 1 aromatic carbocycles. The summed E-state index contributed by atoms with van der Waals surface area (Å²) < 4.78 is 12.9. The van der Waals surface area contributed by atoms with Gasteiger partial charge in [0.05, 0.1) is 22.8 Å². The summed E-state index contributed by atoms with van der Waals surface area (Å²) in [6, 6.07) is 3.45. The molecule has 0 saturated heterocycles. The summed E-state index contributed by atoms with van der Waals surface area (Å²) in [7, 11) is 0. The maximum Gasteiger partial charge on any atom is 0.253 e. The van der Waals surface area contributed by atoms with Gasteiger partial charge in [0.1, 0.15) is 5.82 Å². The van der Waals surface area contributed by atoms with Crippen LogP contribution in [0.2, 0.25) is 5.02 Å². The van der Waals surface area contributed by atoms with Gasteiger partial charge in [-0.2, -0.15) is 5.10 Å². The highest BCUT2D eigenvalue weighted by Crippen LogP contribution is 2.18. The molecule has 0 spiro atoms. The van der Waals surface area contributed by atoms with Gasteiger partial charge in [0.15, 0.2) is 0 Å². The Kier molecular flexibility index (Phi) is 3.62. The number of nitrogens with zero attached hydrogens (tertiary/aromatic N) is 1. The van der Waals surface area contributed by atoms with Crippen LogP contribution in [0.1, 0.15) is 28.9 Å². The molecule has 0 radical (unpaired) electrons. The van der Waals surface area contributed by atoms with Crippen LogP contribution in [0.5, 0.6) is 0 Å². The Balaban J connectivity index is 2.12. The second kappa shape index (κ2) is 5.18. The molecule has 1 heterocycles. The number of rotatable bonds is 3. The Bertz CT molecular complexity index is 556. The van der Waals surface area contributed by atoms with Crippen molar-refractivity contribution in [2.45, 2.75) is 13.0 Å². The minimum Gasteiger partial charge on any atom is -0.345 e. The normalized spacial score (nSPS) is 12.2. The van der Waals surface area contributed by atoms with E-state index >= 15 is 0 Å². The van der Waals surface area contributed by atoms with E-state index in [1.54, 1.807) is 12.4 Å². The summed E-state index contributed by atoms with van der Waals surface area (Å²) in [6.45, 7) is 1.82. The first kappa shape index (κ1) is 12.6. The molecule has 4 nitrogen and oxygen atoms in total. The molecule has 0 aliphatic carbocycles. The fourth-order valence-corrected chi connectivity index (χ4v) is 1.78. The van der Waals surface area contributed by atoms with Gasteiger partial charge in [0.25, 0.3) is 5.91 Å². The first-order valence-corrected chi connectivity index (χ1v) is 5.70. The molecule has 1 atom stereocenters. The Morgan fingerprint density at radius 1 is 1.56 bits per heavy atom. The predicted molar refractivity (Wildman–Crippen MR) is 65.9 cm³/mol. The maximum atomic E-state index is 12.9. The molecule has 0 aliphatic rings. The number of aromatic amines is 1. The highest BCUT2D eigenvalue weighted by molar-refractivity contribution is 6.33. The fraction of sp³-hybridized carbons (Fsp3) is 0.167. The lowest BCUT2D eigenvalue weighted by Crippen LogP contribution is -2.26. The zero-order chi connectivity index (χ0) is 13.1. The van der Waals surface area contributed by atoms with Gasteiger partial charge in [-0.15, -0.1) is 0 Å². The van der Waals surface area contributed by atoms with Gasteiger partial charge in [-0.25, -0.2) is 4.39 Å². The average molecular weight is 268 g/mol. The highest BCUT2D eigenvalue weighted by Gasteiger charge is 2.15. The first-order chi connectivity index (χ1) is 8.58. The minimum absolute atomic E-state index is 0.0897. The summed E-state index contributed by atoms with van der Waals surface area (Å²) in [5.74, 6) is -0.826. The Morgan fingerprint density at radius 3 is 2.94 bits per heavy atom. The molecule has 2 rings (SSSR count). The van der Waals surface area contributed by atoms with E-state index in [0.29, 0.717) is 0 Å². The van der Waals surface area contributed by atoms with E-state index in [2.05, 4.69) is 15.5 Å². The third-order valence-corrected chi connectivity index (χ3v) is 2.86. The molecule has 94 valence electrons. The number of aromatic nitrogens is 2. The van der Waals surface area contributed by atoms with Crippen molar-refractivity contribution in [3.63, 3.8) is 0 Å². The molecule has 6 heteroatoms. The lowest BCUT2D eigenvalue weighted by atomic mass is 10.1. The molecule has 0 fully saturated rings. The van der Waals surface area contributed by atoms with Gasteiger partial charge in [-0.05, 0) is 25.1 Å². The standard InChI is InChI=1S/C12H11ClFN3O/c1-7(8-5-15-16-6-8)17-12(18)10-3-2-9(14)4-11(10)13/h2-7H,1H3,(H,15,16)(H,17,18). The number of hydrogen-bond acceptors (Lipinski definition) is 2. The Labute approximate surface area is 108 Å². The molecule has 2 N–H and O–H groups in total. The van der Waals surface area contributed by atoms with Crippen LogP contribution < -0.4 is 5.32 Å². The number of benzene rings is 1. The van der Waals surface area contributed by atoms with E-state index in [9.17, 15) is 9.18 Å². The van der Waals surface area contributed by atoms with Gasteiger partial charge in [0, 0.05) is 11.8 Å². The van der Waals surface area contributed by atoms with Crippen LogP contribution in [0.25, 0.3) is 0 Å². The molecule has 2 aromatic rings. The zero-order valence-electron chi connectivity index (χ0n) is 9.58. The van der Waals surface area contributed by atoms with Crippen LogP contribution in [0, 0.1) is 5.82 Å². The lowest BCUT2D eigenvalue weighted by molar-refractivity contribution is 0.0940. The van der Waals surface area contributed by atoms with Crippen molar-refractivity contribution >= 4 is 17.5 Å². The molecular formula is C12H11ClFN3O. The largest absolute Gasteiger partial charge is 0.345 e. The molecule has 1 amide bonds. The van der Waals surface area contributed by atoms with E-state index in [4.69, 9.17) is 11.6 Å². The summed E-state index contributed by atoms with van der Waals surface area (Å²) >= 11 is 5.81. The fourth-order valence-electron chi connectivity index (χ4n) is 1.53. The van der Waals surface area contributed by atoms with Gasteiger partial charge >= 0.3 is 0 Å². The van der Waals surface area contributed by atoms with Gasteiger partial charge < -0.3 is 5.32 Å². The average Bonchev–Trinajstić information content (AvgIpc) is 2.81. The number of carbonyl (C=O) groups excluding carboxylic acids is 1. The van der Waals surface area contributed by atoms with Crippen molar-refractivity contribution in [3.05, 3.63) is 52.6 Å². The molecule has 1 aromatic heterocycles. The summed E-state index contributed by atoms with van der Waals surface area (Å²) in [4.78, 5) is 11.9. The van der Waals surface area contributed by atoms with Crippen LogP contribution in [-0.2, 0) is 0 Å². The van der Waals surface area contributed by atoms with Gasteiger partial charge in [-0.1, -0.05) is 11.6 Å². The lowest BCUT2D eigenvalue weighted by Gasteiger charge is -2.12. The monoisotopic (exact) mass is 267 g/mol. The summed E-state index contributed by atoms with van der Waals surface area (Å²) in [6.07, 6.45) is 3.31. The van der Waals surface area contributed by atoms with Crippen LogP contribution in [0.15, 0.2) is 30.6 Å². The number of halogens is 2. The Morgan fingerprint density at radius 2 is 2.33 bits per heavy atom. The minimum atomic E-state index is -0.473. The molecule has 18 heavy (non-hydrogen) atoms. The quantitative estimate of drug-likeness (QED) is 0.898. The number of nitrogens with one attached hydrogen (secondary N) is 2. The van der Waals surface area contributed by atoms with Crippen LogP contribution in [0.4, 0.5) is 4.39 Å². The van der Waals surface area contributed by atoms with Crippen molar-refractivity contribution in [1.29, 1.82) is 0 Å². The van der Waals surface area contributed by atoms with Crippen molar-refractivity contribution in [2.75, 3.05) is 0 Å². The van der Waals surface area contributed by atoms with Crippen LogP contribution >= 0.6 is 11.6 Å². The SMILES string of the molecule is CC(NC(=O)c1ccc(F)cc1Cl)c1cn[nH]c1. The third kappa shape index (κ3) is 2.68. The predicted octanol–water partition coefficient (Wildman–Crippen LogP) is 2.69. The number of H-pyrrole nitrogens is 1. The van der Waals surface area contributed by atoms with Gasteiger partial charge in [0.2, 0.25) is 0 Å². The summed E-state index contributed by atoms with van der Waals surface area (Å²) in [5, 5.41) is 9.31. The van der Waals surface area contributed by atoms with Crippen molar-refractivity contribution in [2.24, 2.45) is 0 Å². The smallest absolute Gasteiger partial charge is 0.253 e. The second-order valence-corrected chi connectivity index (χ2v) is 4.26. The molecule has 1 unspecified atom stereocenters. The maximum absolute atomic E-state index is 12.9. The number of carbonyl (C=O) groups is 1. The van der Waals surface area contributed by atoms with Gasteiger partial charge in [-0.3, -0.25) is 9.89 Å². The summed E-state index contributed by atoms with van der Waals surface area (Å²) in [5.41, 5.74) is 1.09. The third-order valence-electron chi connectivity index (χ3n) is 2.54. The topological polar surface area (TPSA) is 57.8 Å². The number of amides is 1. The zero-order valence-corrected chi connectivity index (χ0v) is 10.3. The van der Waals surface area contributed by atoms with Crippen molar-refractivity contribution < 1.29 is 9.18 Å². The molecular weight excluding hydrogens is 257 g/mol. The first-order valence-electron chi connectivity index (χ1n) is 5.32. The van der Waals surface area contributed by atoms with Crippen LogP contribution in [0.3, 0.4) is 0 Å². The van der Waals surface area contributed by atoms with E-state index in [1.807, 2.05) is 6.92 Å². The molecule has 0 bridgehead atoms.